The van der Waals surface area contributed by atoms with E-state index in [0.29, 0.717) is 11.5 Å². The number of hydrogen-bond acceptors (Lipinski definition) is 6. The molecule has 0 unspecified atom stereocenters. The number of Topliss-reactive ketones (excluding diaryl/α,β-unsaturated/α-hetero) is 1. The molecule has 0 heterocycles. The van der Waals surface area contributed by atoms with Crippen LogP contribution >= 0.6 is 0 Å². The molecular weight excluding hydrogens is 384 g/mol. The summed E-state index contributed by atoms with van der Waals surface area (Å²) in [5.74, 6) is 3.35. The number of allylic oxidation sites excluding steroid dienone is 1. The number of ketones is 1. The highest BCUT2D eigenvalue weighted by Gasteiger charge is 2.76. The van der Waals surface area contributed by atoms with Crippen molar-refractivity contribution in [1.82, 2.24) is 0 Å². The Hall–Kier alpha value is -1.94. The van der Waals surface area contributed by atoms with Crippen LogP contribution in [0.1, 0.15) is 41.0 Å². The van der Waals surface area contributed by atoms with Crippen molar-refractivity contribution in [3.05, 3.63) is 23.3 Å². The maximum atomic E-state index is 14.1. The standard InChI is InChI=1S/C24H30O6/c1-6-7-17(26)30-21-12(2)10-23-13(3)8-16-18(22(16,4)5)15(20(23)28)9-14(11-25)19(27)24(21,23)29/h9-10,13,15-16,18-19,21,25,27,29H,8,11H2,1-5H3/t13-,15+,16-,18+,19-,21+,23+,24+/m1/s1. The molecule has 0 amide bonds. The molecule has 2 fully saturated rings. The highest BCUT2D eigenvalue weighted by molar-refractivity contribution is 5.96. The smallest absolute Gasteiger partial charge is 0.385 e. The summed E-state index contributed by atoms with van der Waals surface area (Å²) in [6.45, 7) is 8.90. The van der Waals surface area contributed by atoms with Gasteiger partial charge in [0, 0.05) is 11.8 Å². The third-order valence-electron chi connectivity index (χ3n) is 8.35. The van der Waals surface area contributed by atoms with Gasteiger partial charge in [0.2, 0.25) is 0 Å². The van der Waals surface area contributed by atoms with Gasteiger partial charge in [-0.05, 0) is 54.6 Å². The predicted octanol–water partition coefficient (Wildman–Crippen LogP) is 1.39. The lowest BCUT2D eigenvalue weighted by Crippen LogP contribution is -2.65. The number of ether oxygens (including phenoxy) is 1. The van der Waals surface area contributed by atoms with E-state index < -0.39 is 41.7 Å². The summed E-state index contributed by atoms with van der Waals surface area (Å²) in [6, 6.07) is 0. The molecule has 162 valence electrons. The molecule has 4 aliphatic carbocycles. The van der Waals surface area contributed by atoms with Gasteiger partial charge in [-0.3, -0.25) is 4.79 Å². The number of carbonyl (C=O) groups is 2. The van der Waals surface area contributed by atoms with E-state index in [9.17, 15) is 24.9 Å². The van der Waals surface area contributed by atoms with Crippen molar-refractivity contribution in [2.45, 2.75) is 58.8 Å². The first-order chi connectivity index (χ1) is 14.0. The fourth-order valence-electron chi connectivity index (χ4n) is 6.83. The highest BCUT2D eigenvalue weighted by Crippen LogP contribution is 2.71. The minimum absolute atomic E-state index is 0.0272. The number of rotatable bonds is 2. The van der Waals surface area contributed by atoms with Crippen LogP contribution in [-0.4, -0.2) is 51.5 Å². The molecule has 0 aliphatic heterocycles. The average molecular weight is 414 g/mol. The van der Waals surface area contributed by atoms with Gasteiger partial charge in [0.15, 0.2) is 17.5 Å². The van der Waals surface area contributed by atoms with E-state index in [1.165, 1.54) is 6.92 Å². The Balaban J connectivity index is 1.93. The van der Waals surface area contributed by atoms with Gasteiger partial charge in [-0.25, -0.2) is 4.79 Å². The van der Waals surface area contributed by atoms with Crippen molar-refractivity contribution in [2.75, 3.05) is 6.61 Å². The maximum Gasteiger partial charge on any atom is 0.385 e. The van der Waals surface area contributed by atoms with E-state index in [4.69, 9.17) is 4.74 Å². The van der Waals surface area contributed by atoms with Gasteiger partial charge in [0.25, 0.3) is 0 Å². The van der Waals surface area contributed by atoms with Crippen molar-refractivity contribution in [3.63, 3.8) is 0 Å². The third kappa shape index (κ3) is 2.37. The van der Waals surface area contributed by atoms with Crippen LogP contribution in [0.3, 0.4) is 0 Å². The zero-order valence-electron chi connectivity index (χ0n) is 18.1. The van der Waals surface area contributed by atoms with E-state index >= 15 is 0 Å². The van der Waals surface area contributed by atoms with E-state index in [-0.39, 0.29) is 28.6 Å². The lowest BCUT2D eigenvalue weighted by Gasteiger charge is -2.48. The summed E-state index contributed by atoms with van der Waals surface area (Å²) in [5, 5.41) is 33.4. The Morgan fingerprint density at radius 2 is 2.03 bits per heavy atom. The number of carbonyl (C=O) groups excluding carboxylic acids is 2. The van der Waals surface area contributed by atoms with Crippen LogP contribution in [0.2, 0.25) is 0 Å². The van der Waals surface area contributed by atoms with E-state index in [0.717, 1.165) is 6.42 Å². The van der Waals surface area contributed by atoms with Gasteiger partial charge in [-0.2, -0.15) is 0 Å². The van der Waals surface area contributed by atoms with Crippen molar-refractivity contribution >= 4 is 11.8 Å². The molecule has 0 aromatic carbocycles. The number of fused-ring (bicyclic) bond motifs is 3. The second kappa shape index (κ2) is 6.53. The Morgan fingerprint density at radius 3 is 2.63 bits per heavy atom. The fourth-order valence-corrected chi connectivity index (χ4v) is 6.83. The molecular formula is C24H30O6. The topological polar surface area (TPSA) is 104 Å². The third-order valence-corrected chi connectivity index (χ3v) is 8.35. The molecule has 4 rings (SSSR count). The van der Waals surface area contributed by atoms with Gasteiger partial charge < -0.3 is 20.1 Å². The summed E-state index contributed by atoms with van der Waals surface area (Å²) in [5.41, 5.74) is -2.85. The lowest BCUT2D eigenvalue weighted by molar-refractivity contribution is -0.200. The minimum atomic E-state index is -2.11. The molecule has 8 atom stereocenters. The van der Waals surface area contributed by atoms with Gasteiger partial charge in [-0.1, -0.05) is 38.8 Å². The van der Waals surface area contributed by atoms with Crippen LogP contribution in [0.15, 0.2) is 23.3 Å². The van der Waals surface area contributed by atoms with Crippen LogP contribution in [0.25, 0.3) is 0 Å². The summed E-state index contributed by atoms with van der Waals surface area (Å²) < 4.78 is 5.51. The van der Waals surface area contributed by atoms with E-state index in [2.05, 4.69) is 25.7 Å². The monoisotopic (exact) mass is 414 g/mol. The minimum Gasteiger partial charge on any atom is -0.445 e. The first kappa shape index (κ1) is 21.3. The maximum absolute atomic E-state index is 14.1. The van der Waals surface area contributed by atoms with Crippen LogP contribution in [0.4, 0.5) is 0 Å². The Bertz CT molecular complexity index is 933. The summed E-state index contributed by atoms with van der Waals surface area (Å²) in [4.78, 5) is 26.3. The molecule has 3 N–H and O–H groups in total. The van der Waals surface area contributed by atoms with Gasteiger partial charge in [0.05, 0.1) is 12.0 Å². The second-order valence-electron chi connectivity index (χ2n) is 10.0. The van der Waals surface area contributed by atoms with E-state index in [1.807, 2.05) is 6.92 Å². The normalized spacial score (nSPS) is 45.5. The number of aliphatic hydroxyl groups excluding tert-OH is 2. The zero-order chi connectivity index (χ0) is 22.2. The quantitative estimate of drug-likeness (QED) is 0.273. The largest absolute Gasteiger partial charge is 0.445 e. The molecule has 0 aromatic heterocycles. The Labute approximate surface area is 177 Å². The van der Waals surface area contributed by atoms with Crippen LogP contribution in [0, 0.1) is 46.3 Å². The van der Waals surface area contributed by atoms with Crippen molar-refractivity contribution in [2.24, 2.45) is 34.5 Å². The van der Waals surface area contributed by atoms with Crippen LogP contribution < -0.4 is 0 Å². The molecule has 6 heteroatoms. The van der Waals surface area contributed by atoms with Crippen molar-refractivity contribution in [3.8, 4) is 11.8 Å². The van der Waals surface area contributed by atoms with Crippen LogP contribution in [-0.2, 0) is 14.3 Å². The SMILES string of the molecule is CC#CC(=O)O[C@H]1C(C)=C[C@]23C(=O)[C@@H](C=C(CO)[C@@H](O)[C@]12O)[C@H]1[C@@H](C[C@H]3C)C1(C)C. The second-order valence-corrected chi connectivity index (χ2v) is 10.0. The molecule has 4 aliphatic rings. The summed E-state index contributed by atoms with van der Waals surface area (Å²) in [6.07, 6.45) is 1.29. The van der Waals surface area contributed by atoms with Crippen molar-refractivity contribution in [1.29, 1.82) is 0 Å². The number of aliphatic hydroxyl groups is 3. The Kier molecular flexibility index (Phi) is 4.63. The molecule has 0 aromatic rings. The molecule has 1 spiro atoms. The average Bonchev–Trinajstić information content (AvgIpc) is 3.16. The number of esters is 1. The summed E-state index contributed by atoms with van der Waals surface area (Å²) >= 11 is 0. The predicted molar refractivity (Wildman–Crippen MR) is 109 cm³/mol. The molecule has 2 saturated carbocycles. The molecule has 0 saturated heterocycles. The molecule has 0 radical (unpaired) electrons. The molecule has 6 nitrogen and oxygen atoms in total. The van der Waals surface area contributed by atoms with Crippen molar-refractivity contribution < 1.29 is 29.6 Å². The van der Waals surface area contributed by atoms with Gasteiger partial charge in [-0.15, -0.1) is 0 Å². The van der Waals surface area contributed by atoms with Gasteiger partial charge in [0.1, 0.15) is 6.10 Å². The first-order valence-corrected chi connectivity index (χ1v) is 10.6. The molecule has 2 bridgehead atoms. The zero-order valence-corrected chi connectivity index (χ0v) is 18.1. The lowest BCUT2D eigenvalue weighted by atomic mass is 9.59. The number of hydrogen-bond donors (Lipinski definition) is 3. The summed E-state index contributed by atoms with van der Waals surface area (Å²) in [7, 11) is 0. The van der Waals surface area contributed by atoms with Gasteiger partial charge >= 0.3 is 5.97 Å². The van der Waals surface area contributed by atoms with Crippen LogP contribution in [0.5, 0.6) is 0 Å². The fraction of sp³-hybridized carbons (Fsp3) is 0.667. The molecule has 30 heavy (non-hydrogen) atoms. The van der Waals surface area contributed by atoms with E-state index in [1.54, 1.807) is 19.1 Å². The highest BCUT2D eigenvalue weighted by atomic mass is 16.6. The Morgan fingerprint density at radius 1 is 1.37 bits per heavy atom. The first-order valence-electron chi connectivity index (χ1n) is 10.6.